The van der Waals surface area contributed by atoms with Crippen LogP contribution < -0.4 is 15.3 Å². The Kier molecular flexibility index (Phi) is 6.51. The molecule has 0 atom stereocenters. The maximum atomic E-state index is 13.5. The third-order valence-electron chi connectivity index (χ3n) is 7.01. The molecule has 1 amide bonds. The van der Waals surface area contributed by atoms with Gasteiger partial charge >= 0.3 is 0 Å². The lowest BCUT2D eigenvalue weighted by molar-refractivity contribution is 0.0941. The molecule has 1 N–H and O–H groups in total. The minimum atomic E-state index is -0.201. The maximum Gasteiger partial charge on any atom is 0.269 e. The van der Waals surface area contributed by atoms with Crippen molar-refractivity contribution in [2.24, 2.45) is 7.05 Å². The first-order chi connectivity index (χ1) is 17.0. The predicted octanol–water partition coefficient (Wildman–Crippen LogP) is 2.47. The van der Waals surface area contributed by atoms with Crippen LogP contribution in [-0.4, -0.2) is 69.6 Å². The molecule has 10 nitrogen and oxygen atoms in total. The van der Waals surface area contributed by atoms with Crippen molar-refractivity contribution in [2.75, 3.05) is 43.1 Å². The van der Waals surface area contributed by atoms with Crippen LogP contribution in [0.4, 0.5) is 11.5 Å². The summed E-state index contributed by atoms with van der Waals surface area (Å²) in [5.74, 6) is 0.332. The molecule has 2 fully saturated rings. The second-order valence-corrected chi connectivity index (χ2v) is 9.45. The van der Waals surface area contributed by atoms with Crippen LogP contribution in [0, 0.1) is 11.3 Å². The second-order valence-electron chi connectivity index (χ2n) is 9.45. The molecule has 0 unspecified atom stereocenters. The van der Waals surface area contributed by atoms with E-state index in [4.69, 9.17) is 0 Å². The Hall–Kier alpha value is -3.71. The van der Waals surface area contributed by atoms with E-state index in [1.165, 1.54) is 6.42 Å². The number of carbonyl (C=O) groups excluding carboxylic acids is 1. The van der Waals surface area contributed by atoms with Crippen LogP contribution in [0.1, 0.15) is 48.3 Å². The quantitative estimate of drug-likeness (QED) is 0.564. The molecular formula is C25H31N9O. The van der Waals surface area contributed by atoms with Crippen LogP contribution >= 0.6 is 0 Å². The molecular weight excluding hydrogens is 442 g/mol. The molecule has 1 saturated carbocycles. The van der Waals surface area contributed by atoms with Crippen molar-refractivity contribution in [3.63, 3.8) is 0 Å². The van der Waals surface area contributed by atoms with Crippen LogP contribution in [0.2, 0.25) is 0 Å². The van der Waals surface area contributed by atoms with Gasteiger partial charge in [-0.2, -0.15) is 15.2 Å². The van der Waals surface area contributed by atoms with Gasteiger partial charge in [-0.1, -0.05) is 25.3 Å². The van der Waals surface area contributed by atoms with E-state index in [9.17, 15) is 10.1 Å². The molecule has 1 aliphatic carbocycles. The van der Waals surface area contributed by atoms with Gasteiger partial charge in [-0.3, -0.25) is 15.2 Å². The van der Waals surface area contributed by atoms with Crippen molar-refractivity contribution in [1.82, 2.24) is 29.8 Å². The number of nitriles is 1. The zero-order chi connectivity index (χ0) is 24.4. The van der Waals surface area contributed by atoms with E-state index in [0.717, 1.165) is 57.5 Å². The van der Waals surface area contributed by atoms with E-state index in [2.05, 4.69) is 49.4 Å². The topological polar surface area (TPSA) is 106 Å². The number of rotatable bonds is 5. The largest absolute Gasteiger partial charge is 0.369 e. The minimum Gasteiger partial charge on any atom is -0.369 e. The Morgan fingerprint density at radius 2 is 1.89 bits per heavy atom. The van der Waals surface area contributed by atoms with E-state index in [1.807, 2.05) is 30.3 Å². The smallest absolute Gasteiger partial charge is 0.269 e. The van der Waals surface area contributed by atoms with E-state index in [1.54, 1.807) is 10.9 Å². The number of hydrogen-bond donors (Lipinski definition) is 1. The molecule has 10 heteroatoms. The third kappa shape index (κ3) is 4.77. The Balaban J connectivity index is 1.47. The van der Waals surface area contributed by atoms with Crippen LogP contribution in [0.5, 0.6) is 0 Å². The van der Waals surface area contributed by atoms with Crippen molar-refractivity contribution >= 4 is 28.6 Å². The monoisotopic (exact) mass is 473 g/mol. The van der Waals surface area contributed by atoms with Gasteiger partial charge in [0.1, 0.15) is 6.07 Å². The number of aryl methyl sites for hydroxylation is 1. The number of nitrogens with one attached hydrogen (secondary N) is 1. The minimum absolute atomic E-state index is 0.0585. The average molecular weight is 474 g/mol. The second kappa shape index (κ2) is 9.88. The first-order valence-electron chi connectivity index (χ1n) is 12.3. The maximum absolute atomic E-state index is 13.5. The molecule has 2 aliphatic rings. The zero-order valence-corrected chi connectivity index (χ0v) is 20.3. The van der Waals surface area contributed by atoms with Crippen LogP contribution in [-0.2, 0) is 7.05 Å². The van der Waals surface area contributed by atoms with Crippen molar-refractivity contribution in [3.8, 4) is 6.07 Å². The highest BCUT2D eigenvalue weighted by Crippen LogP contribution is 2.29. The number of imidazole rings is 1. The summed E-state index contributed by atoms with van der Waals surface area (Å²) in [6, 6.07) is 9.91. The lowest BCUT2D eigenvalue weighted by Gasteiger charge is -2.35. The fraction of sp³-hybridized carbons (Fsp3) is 0.480. The highest BCUT2D eigenvalue weighted by atomic mass is 16.2. The predicted molar refractivity (Wildman–Crippen MR) is 134 cm³/mol. The highest BCUT2D eigenvalue weighted by Gasteiger charge is 2.28. The van der Waals surface area contributed by atoms with Crippen molar-refractivity contribution in [1.29, 1.82) is 5.26 Å². The number of aromatic nitrogens is 4. The van der Waals surface area contributed by atoms with Gasteiger partial charge in [0.05, 0.1) is 12.4 Å². The van der Waals surface area contributed by atoms with Crippen LogP contribution in [0.15, 0.2) is 30.6 Å². The normalized spacial score (nSPS) is 17.3. The molecule has 1 aliphatic heterocycles. The molecule has 35 heavy (non-hydrogen) atoms. The van der Waals surface area contributed by atoms with Crippen LogP contribution in [0.25, 0.3) is 11.2 Å². The SMILES string of the molecule is CN1CCN(c2cccc(C(=O)NN(c3nc(C#N)nc4c3ncn4C)C3CCCCC3)c2)CC1. The highest BCUT2D eigenvalue weighted by molar-refractivity contribution is 5.97. The van der Waals surface area contributed by atoms with Crippen molar-refractivity contribution in [3.05, 3.63) is 42.0 Å². The molecule has 3 heterocycles. The molecule has 3 aromatic rings. The number of hydrazine groups is 1. The Morgan fingerprint density at radius 3 is 2.63 bits per heavy atom. The van der Waals surface area contributed by atoms with Gasteiger partial charge < -0.3 is 14.4 Å². The standard InChI is InChI=1S/C25H31N9O/c1-31-11-13-33(14-12-31)20-10-6-7-18(15-20)25(35)30-34(19-8-4-3-5-9-19)24-22-23(32(2)17-27-22)28-21(16-26)29-24/h6-7,10,15,17,19H,3-5,8-9,11-14H2,1-2H3,(H,30,35). The summed E-state index contributed by atoms with van der Waals surface area (Å²) in [6.45, 7) is 3.87. The fourth-order valence-corrected chi connectivity index (χ4v) is 4.95. The first kappa shape index (κ1) is 23.1. The van der Waals surface area contributed by atoms with Crippen molar-refractivity contribution < 1.29 is 4.79 Å². The van der Waals surface area contributed by atoms with E-state index in [0.29, 0.717) is 22.5 Å². The number of likely N-dealkylation sites (N-methyl/N-ethyl adjacent to an activating group) is 1. The number of amides is 1. The van der Waals surface area contributed by atoms with Gasteiger partial charge in [0.25, 0.3) is 5.91 Å². The first-order valence-corrected chi connectivity index (χ1v) is 12.3. The summed E-state index contributed by atoms with van der Waals surface area (Å²) >= 11 is 0. The summed E-state index contributed by atoms with van der Waals surface area (Å²) in [7, 11) is 3.96. The van der Waals surface area contributed by atoms with Gasteiger partial charge in [0.15, 0.2) is 17.0 Å². The number of nitrogens with zero attached hydrogens (tertiary/aromatic N) is 8. The number of piperazine rings is 1. The molecule has 0 spiro atoms. The lowest BCUT2D eigenvalue weighted by atomic mass is 9.95. The van der Waals surface area contributed by atoms with E-state index in [-0.39, 0.29) is 17.8 Å². The summed E-state index contributed by atoms with van der Waals surface area (Å²) < 4.78 is 1.77. The third-order valence-corrected chi connectivity index (χ3v) is 7.01. The van der Waals surface area contributed by atoms with Gasteiger partial charge in [-0.05, 0) is 38.1 Å². The number of carbonyl (C=O) groups is 1. The lowest BCUT2D eigenvalue weighted by Crippen LogP contribution is -2.50. The number of fused-ring (bicyclic) bond motifs is 1. The molecule has 182 valence electrons. The Labute approximate surface area is 205 Å². The molecule has 1 saturated heterocycles. The molecule has 2 aromatic heterocycles. The number of benzene rings is 1. The molecule has 5 rings (SSSR count). The Bertz CT molecular complexity index is 1250. The van der Waals surface area contributed by atoms with E-state index >= 15 is 0 Å². The summed E-state index contributed by atoms with van der Waals surface area (Å²) in [5, 5.41) is 11.4. The van der Waals surface area contributed by atoms with Gasteiger partial charge in [0.2, 0.25) is 5.82 Å². The fourth-order valence-electron chi connectivity index (χ4n) is 4.95. The van der Waals surface area contributed by atoms with Gasteiger partial charge in [-0.25, -0.2) is 4.98 Å². The molecule has 1 aromatic carbocycles. The number of hydrogen-bond acceptors (Lipinski definition) is 8. The Morgan fingerprint density at radius 1 is 1.11 bits per heavy atom. The molecule has 0 radical (unpaired) electrons. The van der Waals surface area contributed by atoms with Gasteiger partial charge in [0, 0.05) is 44.5 Å². The van der Waals surface area contributed by atoms with Crippen molar-refractivity contribution in [2.45, 2.75) is 38.1 Å². The summed E-state index contributed by atoms with van der Waals surface area (Å²) in [4.78, 5) is 31.5. The average Bonchev–Trinajstić information content (AvgIpc) is 3.28. The summed E-state index contributed by atoms with van der Waals surface area (Å²) in [6.07, 6.45) is 6.86. The van der Waals surface area contributed by atoms with E-state index < -0.39 is 0 Å². The van der Waals surface area contributed by atoms with Gasteiger partial charge in [-0.15, -0.1) is 0 Å². The van der Waals surface area contributed by atoms with Crippen LogP contribution in [0.3, 0.4) is 0 Å². The zero-order valence-electron chi connectivity index (χ0n) is 20.3. The number of anilines is 2. The molecule has 0 bridgehead atoms. The summed E-state index contributed by atoms with van der Waals surface area (Å²) in [5.41, 5.74) is 5.91.